The van der Waals surface area contributed by atoms with Gasteiger partial charge in [0.15, 0.2) is 0 Å². The number of rotatable bonds is 8. The molecule has 1 atom stereocenters. The van der Waals surface area contributed by atoms with Gasteiger partial charge in [-0.25, -0.2) is 14.4 Å². The fourth-order valence-corrected chi connectivity index (χ4v) is 3.38. The van der Waals surface area contributed by atoms with Crippen molar-refractivity contribution in [2.75, 3.05) is 20.3 Å². The number of methoxy groups -OCH3 is 1. The highest BCUT2D eigenvalue weighted by Crippen LogP contribution is 2.29. The lowest BCUT2D eigenvalue weighted by molar-refractivity contribution is -0.385. The van der Waals surface area contributed by atoms with Crippen LogP contribution in [0, 0.1) is 17.0 Å². The zero-order valence-corrected chi connectivity index (χ0v) is 18.7. The van der Waals surface area contributed by atoms with Gasteiger partial charge in [-0.05, 0) is 37.6 Å². The van der Waals surface area contributed by atoms with E-state index in [2.05, 4.69) is 10.6 Å². The molecule has 2 aromatic rings. The molecule has 0 saturated carbocycles. The fraction of sp³-hybridized carbons (Fsp3) is 0.261. The lowest BCUT2D eigenvalue weighted by Gasteiger charge is -2.29. The maximum absolute atomic E-state index is 12.8. The first-order valence-electron chi connectivity index (χ1n) is 10.3. The largest absolute Gasteiger partial charge is 0.497 e. The van der Waals surface area contributed by atoms with Gasteiger partial charge >= 0.3 is 18.0 Å². The topological polar surface area (TPSA) is 146 Å². The molecule has 0 bridgehead atoms. The summed E-state index contributed by atoms with van der Waals surface area (Å²) in [5.74, 6) is -0.965. The molecule has 3 rings (SSSR count). The first-order valence-corrected chi connectivity index (χ1v) is 10.3. The Morgan fingerprint density at radius 1 is 1.09 bits per heavy atom. The number of nitro benzene ring substituents is 1. The van der Waals surface area contributed by atoms with Crippen molar-refractivity contribution in [1.82, 2.24) is 10.6 Å². The number of aryl methyl sites for hydroxylation is 1. The predicted molar refractivity (Wildman–Crippen MR) is 119 cm³/mol. The van der Waals surface area contributed by atoms with Crippen LogP contribution in [0.15, 0.2) is 53.7 Å². The zero-order valence-electron chi connectivity index (χ0n) is 18.7. The van der Waals surface area contributed by atoms with E-state index in [9.17, 15) is 24.5 Å². The molecule has 0 fully saturated rings. The molecule has 34 heavy (non-hydrogen) atoms. The number of carbonyl (C=O) groups is 3. The summed E-state index contributed by atoms with van der Waals surface area (Å²) in [5, 5.41) is 16.3. The first kappa shape index (κ1) is 24.2. The highest BCUT2D eigenvalue weighted by molar-refractivity contribution is 5.95. The van der Waals surface area contributed by atoms with Crippen LogP contribution in [-0.4, -0.2) is 43.2 Å². The predicted octanol–water partition coefficient (Wildman–Crippen LogP) is 2.94. The summed E-state index contributed by atoms with van der Waals surface area (Å²) in [6.45, 7) is 2.81. The van der Waals surface area contributed by atoms with Crippen molar-refractivity contribution in [3.8, 4) is 5.75 Å². The Hall–Kier alpha value is -4.41. The van der Waals surface area contributed by atoms with E-state index in [-0.39, 0.29) is 29.1 Å². The molecule has 0 radical (unpaired) electrons. The maximum atomic E-state index is 12.8. The van der Waals surface area contributed by atoms with Crippen LogP contribution in [0.25, 0.3) is 0 Å². The number of hydrogen-bond donors (Lipinski definition) is 2. The van der Waals surface area contributed by atoms with Gasteiger partial charge < -0.3 is 24.8 Å². The van der Waals surface area contributed by atoms with E-state index in [1.165, 1.54) is 19.2 Å². The lowest BCUT2D eigenvalue weighted by Crippen LogP contribution is -2.47. The average Bonchev–Trinajstić information content (AvgIpc) is 2.82. The molecule has 0 aliphatic carbocycles. The van der Waals surface area contributed by atoms with E-state index in [1.54, 1.807) is 38.1 Å². The third-order valence-electron chi connectivity index (χ3n) is 5.09. The van der Waals surface area contributed by atoms with Crippen LogP contribution >= 0.6 is 0 Å². The molecule has 11 heteroatoms. The van der Waals surface area contributed by atoms with Crippen LogP contribution in [0.1, 0.15) is 34.5 Å². The van der Waals surface area contributed by atoms with Crippen molar-refractivity contribution in [2.24, 2.45) is 0 Å². The lowest BCUT2D eigenvalue weighted by atomic mass is 9.95. The number of nitro groups is 1. The molecule has 2 amide bonds. The normalized spacial score (nSPS) is 15.1. The van der Waals surface area contributed by atoms with Crippen LogP contribution in [0.5, 0.6) is 5.75 Å². The molecular formula is C23H23N3O8. The van der Waals surface area contributed by atoms with E-state index >= 15 is 0 Å². The minimum atomic E-state index is -0.868. The minimum Gasteiger partial charge on any atom is -0.497 e. The molecule has 11 nitrogen and oxygen atoms in total. The highest BCUT2D eigenvalue weighted by Gasteiger charge is 2.34. The van der Waals surface area contributed by atoms with Crippen LogP contribution in [0.2, 0.25) is 0 Å². The Balaban J connectivity index is 1.92. The second-order valence-electron chi connectivity index (χ2n) is 7.25. The average molecular weight is 469 g/mol. The van der Waals surface area contributed by atoms with Gasteiger partial charge in [-0.1, -0.05) is 18.2 Å². The van der Waals surface area contributed by atoms with Crippen molar-refractivity contribution in [3.63, 3.8) is 0 Å². The Morgan fingerprint density at radius 2 is 1.79 bits per heavy atom. The van der Waals surface area contributed by atoms with E-state index in [0.29, 0.717) is 16.9 Å². The van der Waals surface area contributed by atoms with E-state index in [1.807, 2.05) is 0 Å². The van der Waals surface area contributed by atoms with Crippen LogP contribution in [0.4, 0.5) is 10.5 Å². The Morgan fingerprint density at radius 3 is 2.41 bits per heavy atom. The minimum absolute atomic E-state index is 0.0393. The van der Waals surface area contributed by atoms with Gasteiger partial charge in [-0.15, -0.1) is 0 Å². The smallest absolute Gasteiger partial charge is 0.338 e. The van der Waals surface area contributed by atoms with Gasteiger partial charge in [0.1, 0.15) is 12.4 Å². The molecule has 1 aliphatic heterocycles. The molecule has 0 saturated heterocycles. The van der Waals surface area contributed by atoms with Gasteiger partial charge in [0.2, 0.25) is 0 Å². The van der Waals surface area contributed by atoms with Crippen molar-refractivity contribution in [3.05, 3.63) is 80.5 Å². The molecule has 0 aromatic heterocycles. The second-order valence-corrected chi connectivity index (χ2v) is 7.25. The van der Waals surface area contributed by atoms with Crippen LogP contribution in [0.3, 0.4) is 0 Å². The standard InChI is InChI=1S/C23H23N3O8/c1-4-33-22(28)19-17(12-34-21(27)15-6-5-13(2)18(11-15)26(30)31)24-23(29)25-20(19)14-7-9-16(32-3)10-8-14/h5-11,20H,4,12H2,1-3H3,(H2,24,25,29). The summed E-state index contributed by atoms with van der Waals surface area (Å²) in [6.07, 6.45) is 0. The number of amides is 2. The monoisotopic (exact) mass is 469 g/mol. The number of carbonyl (C=O) groups excluding carboxylic acids is 3. The number of urea groups is 1. The number of nitrogens with zero attached hydrogens (tertiary/aromatic N) is 1. The summed E-state index contributed by atoms with van der Waals surface area (Å²) >= 11 is 0. The second kappa shape index (κ2) is 10.5. The third-order valence-corrected chi connectivity index (χ3v) is 5.09. The Labute approximate surface area is 194 Å². The number of esters is 2. The maximum Gasteiger partial charge on any atom is 0.338 e. The fourth-order valence-electron chi connectivity index (χ4n) is 3.38. The van der Waals surface area contributed by atoms with Crippen molar-refractivity contribution in [2.45, 2.75) is 19.9 Å². The molecular weight excluding hydrogens is 446 g/mol. The molecule has 1 heterocycles. The number of benzene rings is 2. The van der Waals surface area contributed by atoms with Crippen molar-refractivity contribution < 1.29 is 33.5 Å². The van der Waals surface area contributed by atoms with Crippen molar-refractivity contribution in [1.29, 1.82) is 0 Å². The summed E-state index contributed by atoms with van der Waals surface area (Å²) in [4.78, 5) is 48.2. The van der Waals surface area contributed by atoms with E-state index in [4.69, 9.17) is 14.2 Å². The number of hydrogen-bond acceptors (Lipinski definition) is 8. The molecule has 2 aromatic carbocycles. The Kier molecular flexibility index (Phi) is 7.46. The molecule has 2 N–H and O–H groups in total. The quantitative estimate of drug-likeness (QED) is 0.341. The zero-order chi connectivity index (χ0) is 24.8. The molecule has 0 spiro atoms. The summed E-state index contributed by atoms with van der Waals surface area (Å²) in [6, 6.07) is 9.19. The van der Waals surface area contributed by atoms with Crippen LogP contribution < -0.4 is 15.4 Å². The van der Waals surface area contributed by atoms with Gasteiger partial charge in [-0.2, -0.15) is 0 Å². The summed E-state index contributed by atoms with van der Waals surface area (Å²) in [5.41, 5.74) is 0.809. The van der Waals surface area contributed by atoms with Gasteiger partial charge in [-0.3, -0.25) is 10.1 Å². The van der Waals surface area contributed by atoms with Gasteiger partial charge in [0.05, 0.1) is 41.5 Å². The molecule has 178 valence electrons. The highest BCUT2D eigenvalue weighted by atomic mass is 16.6. The Bertz CT molecular complexity index is 1160. The van der Waals surface area contributed by atoms with Gasteiger partial charge in [0.25, 0.3) is 5.69 Å². The summed E-state index contributed by atoms with van der Waals surface area (Å²) in [7, 11) is 1.51. The van der Waals surface area contributed by atoms with E-state index < -0.39 is 35.5 Å². The SMILES string of the molecule is CCOC(=O)C1=C(COC(=O)c2ccc(C)c([N+](=O)[O-])c2)NC(=O)NC1c1ccc(OC)cc1. The third kappa shape index (κ3) is 5.31. The molecule has 1 aliphatic rings. The van der Waals surface area contributed by atoms with E-state index in [0.717, 1.165) is 6.07 Å². The number of nitrogens with one attached hydrogen (secondary N) is 2. The van der Waals surface area contributed by atoms with Crippen molar-refractivity contribution >= 4 is 23.7 Å². The first-order chi connectivity index (χ1) is 16.2. The number of ether oxygens (including phenoxy) is 3. The van der Waals surface area contributed by atoms with Crippen LogP contribution in [-0.2, 0) is 14.3 Å². The summed E-state index contributed by atoms with van der Waals surface area (Å²) < 4.78 is 15.6. The molecule has 1 unspecified atom stereocenters. The van der Waals surface area contributed by atoms with Gasteiger partial charge in [0, 0.05) is 11.6 Å².